The molecule has 1 saturated carbocycles. The predicted molar refractivity (Wildman–Crippen MR) is 110 cm³/mol. The predicted octanol–water partition coefficient (Wildman–Crippen LogP) is 2.50. The van der Waals surface area contributed by atoms with Crippen molar-refractivity contribution < 1.29 is 9.52 Å². The number of likely N-dealkylation sites (tertiary alicyclic amines) is 1. The second kappa shape index (κ2) is 10.4. The normalized spacial score (nSPS) is 23.4. The highest BCUT2D eigenvalue weighted by atomic mass is 127. The van der Waals surface area contributed by atoms with Gasteiger partial charge in [0.1, 0.15) is 11.9 Å². The molecular weight excluding hydrogens is 431 g/mol. The number of aliphatic hydroxyl groups is 1. The van der Waals surface area contributed by atoms with E-state index >= 15 is 0 Å². The molecule has 1 aromatic heterocycles. The molecule has 3 N–H and O–H groups in total. The molecule has 2 unspecified atom stereocenters. The van der Waals surface area contributed by atoms with E-state index in [4.69, 9.17) is 4.42 Å². The standard InChI is InChI=1S/C18H30N4O2.HI/c1-2-19-18(20-12-16(23)17-8-5-11-24-17)21-14-9-10-22(13-14)15-6-3-4-7-15;/h5,8,11,14-16,23H,2-4,6-7,9-10,12-13H2,1H3,(H2,19,20,21);1H. The Morgan fingerprint density at radius 3 is 2.88 bits per heavy atom. The van der Waals surface area contributed by atoms with Crippen LogP contribution >= 0.6 is 24.0 Å². The van der Waals surface area contributed by atoms with Crippen molar-refractivity contribution >= 4 is 29.9 Å². The zero-order valence-corrected chi connectivity index (χ0v) is 17.3. The van der Waals surface area contributed by atoms with Crippen molar-refractivity contribution in [2.24, 2.45) is 4.99 Å². The van der Waals surface area contributed by atoms with Gasteiger partial charge in [-0.3, -0.25) is 9.89 Å². The number of nitrogens with zero attached hydrogens (tertiary/aromatic N) is 2. The quantitative estimate of drug-likeness (QED) is 0.344. The van der Waals surface area contributed by atoms with E-state index in [9.17, 15) is 5.11 Å². The van der Waals surface area contributed by atoms with Gasteiger partial charge in [-0.25, -0.2) is 0 Å². The molecular formula is C18H31IN4O2. The van der Waals surface area contributed by atoms with Crippen molar-refractivity contribution in [1.29, 1.82) is 0 Å². The molecule has 0 amide bonds. The molecule has 2 atom stereocenters. The number of hydrogen-bond donors (Lipinski definition) is 3. The first kappa shape index (κ1) is 20.5. The summed E-state index contributed by atoms with van der Waals surface area (Å²) in [5.41, 5.74) is 0. The van der Waals surface area contributed by atoms with Gasteiger partial charge in [-0.05, 0) is 38.3 Å². The van der Waals surface area contributed by atoms with E-state index in [0.717, 1.165) is 31.5 Å². The van der Waals surface area contributed by atoms with Crippen LogP contribution in [0.1, 0.15) is 50.9 Å². The molecule has 25 heavy (non-hydrogen) atoms. The Morgan fingerprint density at radius 2 is 2.20 bits per heavy atom. The van der Waals surface area contributed by atoms with Crippen molar-refractivity contribution in [3.8, 4) is 0 Å². The van der Waals surface area contributed by atoms with Gasteiger partial charge in [-0.2, -0.15) is 0 Å². The first-order valence-corrected chi connectivity index (χ1v) is 9.26. The largest absolute Gasteiger partial charge is 0.467 e. The Balaban J connectivity index is 0.00000225. The molecule has 0 radical (unpaired) electrons. The molecule has 2 aliphatic rings. The van der Waals surface area contributed by atoms with Crippen LogP contribution in [-0.4, -0.2) is 54.2 Å². The topological polar surface area (TPSA) is 73.0 Å². The van der Waals surface area contributed by atoms with Gasteiger partial charge in [0, 0.05) is 31.7 Å². The summed E-state index contributed by atoms with van der Waals surface area (Å²) in [6, 6.07) is 4.78. The van der Waals surface area contributed by atoms with Crippen molar-refractivity contribution in [3.63, 3.8) is 0 Å². The molecule has 0 aromatic carbocycles. The van der Waals surface area contributed by atoms with Gasteiger partial charge in [-0.1, -0.05) is 12.8 Å². The lowest BCUT2D eigenvalue weighted by Gasteiger charge is -2.24. The summed E-state index contributed by atoms with van der Waals surface area (Å²) in [6.45, 7) is 5.43. The monoisotopic (exact) mass is 462 g/mol. The Labute approximate surface area is 167 Å². The fourth-order valence-electron chi connectivity index (χ4n) is 3.77. The molecule has 3 rings (SSSR count). The SMILES string of the molecule is CCNC(=NCC(O)c1ccco1)NC1CCN(C2CCCC2)C1.I. The van der Waals surface area contributed by atoms with Crippen LogP contribution in [0, 0.1) is 0 Å². The lowest BCUT2D eigenvalue weighted by Crippen LogP contribution is -2.45. The average Bonchev–Trinajstić information content (AvgIpc) is 3.33. The zero-order valence-electron chi connectivity index (χ0n) is 15.0. The summed E-state index contributed by atoms with van der Waals surface area (Å²) in [5, 5.41) is 16.9. The Bertz CT molecular complexity index is 517. The maximum atomic E-state index is 10.1. The van der Waals surface area contributed by atoms with Crippen molar-refractivity contribution in [1.82, 2.24) is 15.5 Å². The molecule has 6 nitrogen and oxygen atoms in total. The van der Waals surface area contributed by atoms with Crippen LogP contribution in [-0.2, 0) is 0 Å². The Morgan fingerprint density at radius 1 is 1.40 bits per heavy atom. The van der Waals surface area contributed by atoms with E-state index in [1.54, 1.807) is 18.4 Å². The third-order valence-corrected chi connectivity index (χ3v) is 5.04. The summed E-state index contributed by atoms with van der Waals surface area (Å²) >= 11 is 0. The highest BCUT2D eigenvalue weighted by molar-refractivity contribution is 14.0. The maximum absolute atomic E-state index is 10.1. The summed E-state index contributed by atoms with van der Waals surface area (Å²) in [6.07, 6.45) is 7.51. The van der Waals surface area contributed by atoms with Crippen molar-refractivity contribution in [3.05, 3.63) is 24.2 Å². The molecule has 142 valence electrons. The molecule has 7 heteroatoms. The number of aliphatic hydroxyl groups excluding tert-OH is 1. The Hall–Kier alpha value is -0.800. The van der Waals surface area contributed by atoms with E-state index in [1.165, 1.54) is 32.2 Å². The maximum Gasteiger partial charge on any atom is 0.191 e. The lowest BCUT2D eigenvalue weighted by molar-refractivity contribution is 0.158. The summed E-state index contributed by atoms with van der Waals surface area (Å²) < 4.78 is 5.23. The molecule has 0 spiro atoms. The summed E-state index contributed by atoms with van der Waals surface area (Å²) in [5.74, 6) is 1.34. The Kier molecular flexibility index (Phi) is 8.51. The van der Waals surface area contributed by atoms with Crippen LogP contribution in [0.2, 0.25) is 0 Å². The van der Waals surface area contributed by atoms with Gasteiger partial charge in [0.15, 0.2) is 5.96 Å². The minimum Gasteiger partial charge on any atom is -0.467 e. The van der Waals surface area contributed by atoms with Gasteiger partial charge < -0.3 is 20.2 Å². The molecule has 1 aromatic rings. The van der Waals surface area contributed by atoms with Gasteiger partial charge >= 0.3 is 0 Å². The number of guanidine groups is 1. The second-order valence-electron chi connectivity index (χ2n) is 6.81. The van der Waals surface area contributed by atoms with Crippen molar-refractivity contribution in [2.75, 3.05) is 26.2 Å². The third kappa shape index (κ3) is 5.86. The van der Waals surface area contributed by atoms with Crippen molar-refractivity contribution in [2.45, 2.75) is 57.2 Å². The molecule has 1 saturated heterocycles. The van der Waals surface area contributed by atoms with Crippen LogP contribution in [0.5, 0.6) is 0 Å². The van der Waals surface area contributed by atoms with Crippen LogP contribution in [0.15, 0.2) is 27.8 Å². The van der Waals surface area contributed by atoms with E-state index < -0.39 is 6.10 Å². The summed E-state index contributed by atoms with van der Waals surface area (Å²) in [7, 11) is 0. The number of aliphatic imine (C=N–C) groups is 1. The third-order valence-electron chi connectivity index (χ3n) is 5.04. The van der Waals surface area contributed by atoms with Gasteiger partial charge in [0.05, 0.1) is 12.8 Å². The first-order valence-electron chi connectivity index (χ1n) is 9.26. The first-order chi connectivity index (χ1) is 11.8. The fourth-order valence-corrected chi connectivity index (χ4v) is 3.77. The molecule has 2 heterocycles. The van der Waals surface area contributed by atoms with E-state index in [1.807, 2.05) is 0 Å². The van der Waals surface area contributed by atoms with E-state index in [-0.39, 0.29) is 24.0 Å². The van der Waals surface area contributed by atoms with E-state index in [2.05, 4.69) is 27.4 Å². The molecule has 1 aliphatic carbocycles. The molecule has 1 aliphatic heterocycles. The molecule has 2 fully saturated rings. The average molecular weight is 462 g/mol. The minimum absolute atomic E-state index is 0. The smallest absolute Gasteiger partial charge is 0.191 e. The lowest BCUT2D eigenvalue weighted by atomic mass is 10.2. The van der Waals surface area contributed by atoms with Gasteiger partial charge in [0.25, 0.3) is 0 Å². The fraction of sp³-hybridized carbons (Fsp3) is 0.722. The zero-order chi connectivity index (χ0) is 16.8. The van der Waals surface area contributed by atoms with Crippen LogP contribution in [0.25, 0.3) is 0 Å². The van der Waals surface area contributed by atoms with Crippen LogP contribution in [0.3, 0.4) is 0 Å². The number of halogens is 1. The van der Waals surface area contributed by atoms with Crippen LogP contribution in [0.4, 0.5) is 0 Å². The number of rotatable bonds is 6. The number of hydrogen-bond acceptors (Lipinski definition) is 4. The highest BCUT2D eigenvalue weighted by Gasteiger charge is 2.30. The molecule has 0 bridgehead atoms. The minimum atomic E-state index is -0.700. The number of nitrogens with one attached hydrogen (secondary N) is 2. The van der Waals surface area contributed by atoms with Gasteiger partial charge in [0.2, 0.25) is 0 Å². The summed E-state index contributed by atoms with van der Waals surface area (Å²) in [4.78, 5) is 7.15. The van der Waals surface area contributed by atoms with E-state index in [0.29, 0.717) is 18.3 Å². The van der Waals surface area contributed by atoms with Gasteiger partial charge in [-0.15, -0.1) is 24.0 Å². The number of furan rings is 1. The van der Waals surface area contributed by atoms with Crippen LogP contribution < -0.4 is 10.6 Å². The second-order valence-corrected chi connectivity index (χ2v) is 6.81. The highest BCUT2D eigenvalue weighted by Crippen LogP contribution is 2.26.